The molecule has 3 aromatic carbocycles. The average molecular weight is 440 g/mol. The number of hydrogen-bond acceptors (Lipinski definition) is 3. The molecule has 1 fully saturated rings. The van der Waals surface area contributed by atoms with Gasteiger partial charge in [-0.15, -0.1) is 0 Å². The Labute approximate surface area is 192 Å². The van der Waals surface area contributed by atoms with E-state index in [0.717, 1.165) is 16.7 Å². The van der Waals surface area contributed by atoms with Gasteiger partial charge in [-0.3, -0.25) is 19.3 Å². The maximum absolute atomic E-state index is 14.0. The largest absolute Gasteiger partial charge is 0.322 e. The molecule has 1 atom stereocenters. The van der Waals surface area contributed by atoms with Gasteiger partial charge in [-0.05, 0) is 48.7 Å². The van der Waals surface area contributed by atoms with E-state index in [1.165, 1.54) is 4.90 Å². The number of nitrogens with zero attached hydrogens (tertiary/aromatic N) is 2. The Morgan fingerprint density at radius 1 is 0.939 bits per heavy atom. The summed E-state index contributed by atoms with van der Waals surface area (Å²) >= 11 is 0. The molecular formula is C27H25N3O3. The van der Waals surface area contributed by atoms with E-state index in [1.54, 1.807) is 29.2 Å². The summed E-state index contributed by atoms with van der Waals surface area (Å²) in [5.41, 5.74) is 3.06. The molecule has 5 rings (SSSR count). The van der Waals surface area contributed by atoms with Crippen LogP contribution >= 0.6 is 0 Å². The summed E-state index contributed by atoms with van der Waals surface area (Å²) in [6.07, 6.45) is 0.419. The number of nitrogens with one attached hydrogen (secondary N) is 1. The van der Waals surface area contributed by atoms with Crippen molar-refractivity contribution in [3.05, 3.63) is 95.1 Å². The molecule has 2 aliphatic heterocycles. The van der Waals surface area contributed by atoms with Crippen LogP contribution in [-0.2, 0) is 16.1 Å². The fourth-order valence-corrected chi connectivity index (χ4v) is 4.88. The molecule has 2 heterocycles. The number of carbonyl (C=O) groups excluding carboxylic acids is 3. The quantitative estimate of drug-likeness (QED) is 0.654. The summed E-state index contributed by atoms with van der Waals surface area (Å²) in [6.45, 7) is 4.15. The topological polar surface area (TPSA) is 69.7 Å². The van der Waals surface area contributed by atoms with Crippen LogP contribution in [0, 0.1) is 13.8 Å². The summed E-state index contributed by atoms with van der Waals surface area (Å²) in [5, 5.41) is 3.04. The lowest BCUT2D eigenvalue weighted by Gasteiger charge is -2.49. The minimum atomic E-state index is -1.44. The van der Waals surface area contributed by atoms with Gasteiger partial charge in [0.05, 0.1) is 11.3 Å². The second-order valence-electron chi connectivity index (χ2n) is 8.64. The summed E-state index contributed by atoms with van der Waals surface area (Å²) in [6, 6.07) is 22.3. The van der Waals surface area contributed by atoms with E-state index in [1.807, 2.05) is 62.4 Å². The predicted octanol–water partition coefficient (Wildman–Crippen LogP) is 4.42. The second kappa shape index (κ2) is 7.89. The molecule has 1 saturated heterocycles. The van der Waals surface area contributed by atoms with Crippen molar-refractivity contribution in [2.45, 2.75) is 38.9 Å². The molecule has 2 aliphatic rings. The third-order valence-electron chi connectivity index (χ3n) is 6.77. The van der Waals surface area contributed by atoms with E-state index in [0.29, 0.717) is 16.9 Å². The zero-order valence-corrected chi connectivity index (χ0v) is 18.7. The molecule has 1 N–H and O–H groups in total. The van der Waals surface area contributed by atoms with Gasteiger partial charge in [-0.25, -0.2) is 0 Å². The number of para-hydroxylation sites is 1. The number of amides is 3. The first-order valence-corrected chi connectivity index (χ1v) is 11.1. The SMILES string of the molecule is Cc1cccc(NC(=O)[C@@]23CCC(=O)N2c2ccccc2C(=O)N3Cc2ccccc2)c1C. The van der Waals surface area contributed by atoms with Crippen LogP contribution in [0.5, 0.6) is 0 Å². The normalized spacial score (nSPS) is 19.3. The van der Waals surface area contributed by atoms with Crippen LogP contribution in [0.1, 0.15) is 39.9 Å². The minimum absolute atomic E-state index is 0.163. The number of fused-ring (bicyclic) bond motifs is 3. The van der Waals surface area contributed by atoms with Gasteiger partial charge in [0.1, 0.15) is 0 Å². The highest BCUT2D eigenvalue weighted by Gasteiger charge is 2.60. The van der Waals surface area contributed by atoms with E-state index in [9.17, 15) is 14.4 Å². The molecule has 3 amide bonds. The van der Waals surface area contributed by atoms with Crippen molar-refractivity contribution in [2.75, 3.05) is 10.2 Å². The van der Waals surface area contributed by atoms with Crippen molar-refractivity contribution in [3.63, 3.8) is 0 Å². The van der Waals surface area contributed by atoms with Gasteiger partial charge >= 0.3 is 0 Å². The Morgan fingerprint density at radius 3 is 2.45 bits per heavy atom. The number of rotatable bonds is 4. The van der Waals surface area contributed by atoms with E-state index < -0.39 is 5.66 Å². The molecule has 0 bridgehead atoms. The minimum Gasteiger partial charge on any atom is -0.322 e. The molecule has 0 radical (unpaired) electrons. The maximum Gasteiger partial charge on any atom is 0.271 e. The van der Waals surface area contributed by atoms with Gasteiger partial charge in [0.2, 0.25) is 11.6 Å². The van der Waals surface area contributed by atoms with Crippen molar-refractivity contribution in [3.8, 4) is 0 Å². The zero-order chi connectivity index (χ0) is 23.2. The van der Waals surface area contributed by atoms with Crippen molar-refractivity contribution in [1.82, 2.24) is 4.90 Å². The maximum atomic E-state index is 14.0. The third kappa shape index (κ3) is 3.21. The Kier molecular flexibility index (Phi) is 5.01. The fraction of sp³-hybridized carbons (Fsp3) is 0.222. The first-order valence-electron chi connectivity index (χ1n) is 11.1. The van der Waals surface area contributed by atoms with Crippen LogP contribution < -0.4 is 10.2 Å². The highest BCUT2D eigenvalue weighted by molar-refractivity contribution is 6.18. The lowest BCUT2D eigenvalue weighted by atomic mass is 9.94. The summed E-state index contributed by atoms with van der Waals surface area (Å²) < 4.78 is 0. The van der Waals surface area contributed by atoms with Crippen molar-refractivity contribution < 1.29 is 14.4 Å². The lowest BCUT2D eigenvalue weighted by Crippen LogP contribution is -2.69. The molecule has 0 unspecified atom stereocenters. The molecule has 0 spiro atoms. The standard InChI is InChI=1S/C27H25N3O3/c1-18-9-8-13-22(19(18)2)28-26(33)27-16-15-24(31)30(27)23-14-7-6-12-21(23)25(32)29(27)17-20-10-4-3-5-11-20/h3-14H,15-17H2,1-2H3,(H,28,33)/t27-/m1/s1. The summed E-state index contributed by atoms with van der Waals surface area (Å²) in [5.74, 6) is -0.790. The monoisotopic (exact) mass is 439 g/mol. The number of aryl methyl sites for hydroxylation is 1. The number of carbonyl (C=O) groups is 3. The van der Waals surface area contributed by atoms with Gasteiger partial charge in [0.25, 0.3) is 11.8 Å². The van der Waals surface area contributed by atoms with Crippen LogP contribution in [0.25, 0.3) is 0 Å². The number of hydrogen-bond donors (Lipinski definition) is 1. The summed E-state index contributed by atoms with van der Waals surface area (Å²) in [7, 11) is 0. The predicted molar refractivity (Wildman–Crippen MR) is 127 cm³/mol. The van der Waals surface area contributed by atoms with Crippen LogP contribution in [0.4, 0.5) is 11.4 Å². The first-order chi connectivity index (χ1) is 15.9. The number of anilines is 2. The first kappa shape index (κ1) is 20.9. The Morgan fingerprint density at radius 2 is 1.67 bits per heavy atom. The van der Waals surface area contributed by atoms with Crippen molar-refractivity contribution in [1.29, 1.82) is 0 Å². The van der Waals surface area contributed by atoms with Crippen LogP contribution in [-0.4, -0.2) is 28.3 Å². The van der Waals surface area contributed by atoms with E-state index in [-0.39, 0.29) is 37.1 Å². The smallest absolute Gasteiger partial charge is 0.271 e. The van der Waals surface area contributed by atoms with Crippen LogP contribution in [0.2, 0.25) is 0 Å². The van der Waals surface area contributed by atoms with Gasteiger partial charge < -0.3 is 10.2 Å². The second-order valence-corrected chi connectivity index (χ2v) is 8.64. The molecule has 6 nitrogen and oxygen atoms in total. The highest BCUT2D eigenvalue weighted by Crippen LogP contribution is 2.45. The van der Waals surface area contributed by atoms with Crippen molar-refractivity contribution in [2.24, 2.45) is 0 Å². The lowest BCUT2D eigenvalue weighted by molar-refractivity contribution is -0.129. The van der Waals surface area contributed by atoms with E-state index in [4.69, 9.17) is 0 Å². The van der Waals surface area contributed by atoms with Crippen LogP contribution in [0.15, 0.2) is 72.8 Å². The molecule has 0 aromatic heterocycles. The Hall–Kier alpha value is -3.93. The average Bonchev–Trinajstić information content (AvgIpc) is 3.18. The molecule has 6 heteroatoms. The molecule has 0 aliphatic carbocycles. The van der Waals surface area contributed by atoms with E-state index >= 15 is 0 Å². The molecular weight excluding hydrogens is 414 g/mol. The van der Waals surface area contributed by atoms with Gasteiger partial charge in [-0.2, -0.15) is 0 Å². The summed E-state index contributed by atoms with van der Waals surface area (Å²) in [4.78, 5) is 44.1. The van der Waals surface area contributed by atoms with E-state index in [2.05, 4.69) is 5.32 Å². The van der Waals surface area contributed by atoms with Crippen LogP contribution in [0.3, 0.4) is 0 Å². The molecule has 33 heavy (non-hydrogen) atoms. The molecule has 166 valence electrons. The fourth-order valence-electron chi connectivity index (χ4n) is 4.88. The number of benzene rings is 3. The van der Waals surface area contributed by atoms with Gasteiger partial charge in [0.15, 0.2) is 0 Å². The van der Waals surface area contributed by atoms with Gasteiger partial charge in [0, 0.05) is 25.1 Å². The Bertz CT molecular complexity index is 1270. The highest BCUT2D eigenvalue weighted by atomic mass is 16.2. The molecule has 0 saturated carbocycles. The zero-order valence-electron chi connectivity index (χ0n) is 18.7. The Balaban J connectivity index is 1.66. The third-order valence-corrected chi connectivity index (χ3v) is 6.77. The molecule has 3 aromatic rings. The van der Waals surface area contributed by atoms with Crippen molar-refractivity contribution >= 4 is 29.1 Å². The van der Waals surface area contributed by atoms with Gasteiger partial charge in [-0.1, -0.05) is 54.6 Å².